The first-order valence-corrected chi connectivity index (χ1v) is 14.2. The summed E-state index contributed by atoms with van der Waals surface area (Å²) >= 11 is 1.55. The molecule has 2 aromatic carbocycles. The molecule has 1 atom stereocenters. The molecule has 4 bridgehead atoms. The Kier molecular flexibility index (Phi) is 5.62. The number of carboxylic acid groups (broad SMARTS) is 1. The van der Waals surface area contributed by atoms with E-state index in [1.165, 1.54) is 19.3 Å². The van der Waals surface area contributed by atoms with E-state index in [1.54, 1.807) is 23.6 Å². The van der Waals surface area contributed by atoms with Gasteiger partial charge in [0.1, 0.15) is 23.2 Å². The van der Waals surface area contributed by atoms with Crippen molar-refractivity contribution in [3.05, 3.63) is 65.3 Å². The van der Waals surface area contributed by atoms with Crippen molar-refractivity contribution in [2.45, 2.75) is 51.2 Å². The van der Waals surface area contributed by atoms with Crippen LogP contribution in [0.3, 0.4) is 0 Å². The number of benzene rings is 2. The Bertz CT molecular complexity index is 1500. The summed E-state index contributed by atoms with van der Waals surface area (Å²) in [5.41, 5.74) is 1.41. The third-order valence-electron chi connectivity index (χ3n) is 8.87. The van der Waals surface area contributed by atoms with Crippen LogP contribution in [0.15, 0.2) is 54.7 Å². The van der Waals surface area contributed by atoms with Gasteiger partial charge in [-0.05, 0) is 80.5 Å². The molecule has 0 aliphatic heterocycles. The Balaban J connectivity index is 1.20. The number of carboxylic acids is 1. The smallest absolute Gasteiger partial charge is 0.326 e. The number of aliphatic carboxylic acids is 1. The normalized spacial score (nSPS) is 26.5. The molecular weight excluding hydrogens is 498 g/mol. The molecule has 1 amide bonds. The van der Waals surface area contributed by atoms with Crippen LogP contribution in [0.2, 0.25) is 0 Å². The number of amides is 1. The number of carbonyl (C=O) groups excluding carboxylic acids is 1. The predicted octanol–water partition coefficient (Wildman–Crippen LogP) is 5.82. The molecule has 8 rings (SSSR count). The second kappa shape index (κ2) is 9.05. The van der Waals surface area contributed by atoms with E-state index in [9.17, 15) is 14.7 Å². The van der Waals surface area contributed by atoms with Crippen molar-refractivity contribution in [1.29, 1.82) is 0 Å². The number of ether oxygens (including phenoxy) is 1. The minimum Gasteiger partial charge on any atom is -0.483 e. The zero-order valence-corrected chi connectivity index (χ0v) is 21.7. The lowest BCUT2D eigenvalue weighted by molar-refractivity contribution is -0.150. The van der Waals surface area contributed by atoms with Crippen molar-refractivity contribution in [3.63, 3.8) is 0 Å². The van der Waals surface area contributed by atoms with Gasteiger partial charge < -0.3 is 15.2 Å². The summed E-state index contributed by atoms with van der Waals surface area (Å²) in [6, 6.07) is 14.3. The maximum absolute atomic E-state index is 13.8. The Morgan fingerprint density at radius 1 is 1.03 bits per heavy atom. The van der Waals surface area contributed by atoms with Gasteiger partial charge in [-0.25, -0.2) is 9.78 Å². The van der Waals surface area contributed by atoms with Crippen molar-refractivity contribution in [3.8, 4) is 5.75 Å². The van der Waals surface area contributed by atoms with Gasteiger partial charge >= 0.3 is 5.97 Å². The maximum Gasteiger partial charge on any atom is 0.326 e. The van der Waals surface area contributed by atoms with Crippen LogP contribution >= 0.6 is 11.3 Å². The van der Waals surface area contributed by atoms with Crippen LogP contribution in [0.5, 0.6) is 5.75 Å². The second-order valence-corrected chi connectivity index (χ2v) is 12.5. The number of para-hydroxylation sites is 1. The summed E-state index contributed by atoms with van der Waals surface area (Å²) in [4.78, 5) is 35.5. The lowest BCUT2D eigenvalue weighted by atomic mass is 9.47. The number of hydrogen-bond acceptors (Lipinski definition) is 6. The molecule has 7 nitrogen and oxygen atoms in total. The Hall–Kier alpha value is -3.52. The Morgan fingerprint density at radius 2 is 1.76 bits per heavy atom. The first-order valence-electron chi connectivity index (χ1n) is 13.4. The van der Waals surface area contributed by atoms with E-state index in [0.29, 0.717) is 34.6 Å². The summed E-state index contributed by atoms with van der Waals surface area (Å²) < 4.78 is 7.33. The summed E-state index contributed by atoms with van der Waals surface area (Å²) in [6.45, 7) is 0.187. The lowest BCUT2D eigenvalue weighted by Crippen LogP contribution is -2.59. The van der Waals surface area contributed by atoms with Crippen LogP contribution in [0, 0.1) is 23.2 Å². The number of carbonyl (C=O) groups is 2. The van der Waals surface area contributed by atoms with Gasteiger partial charge in [-0.1, -0.05) is 24.3 Å². The second-order valence-electron chi connectivity index (χ2n) is 11.4. The van der Waals surface area contributed by atoms with Crippen LogP contribution in [-0.2, 0) is 11.4 Å². The first kappa shape index (κ1) is 23.6. The number of thiazole rings is 1. The number of hydrogen-bond donors (Lipinski definition) is 2. The van der Waals surface area contributed by atoms with Crippen molar-refractivity contribution < 1.29 is 19.4 Å². The zero-order chi connectivity index (χ0) is 25.9. The fraction of sp³-hybridized carbons (Fsp3) is 0.400. The largest absolute Gasteiger partial charge is 0.483 e. The fourth-order valence-electron chi connectivity index (χ4n) is 7.78. The molecule has 2 aromatic heterocycles. The average Bonchev–Trinajstić information content (AvgIpc) is 3.32. The van der Waals surface area contributed by atoms with Crippen LogP contribution in [0.1, 0.15) is 53.9 Å². The minimum atomic E-state index is -0.948. The Labute approximate surface area is 224 Å². The quantitative estimate of drug-likeness (QED) is 0.314. The van der Waals surface area contributed by atoms with E-state index in [4.69, 9.17) is 4.74 Å². The van der Waals surface area contributed by atoms with E-state index in [0.717, 1.165) is 39.9 Å². The lowest BCUT2D eigenvalue weighted by Gasteiger charge is -2.58. The highest BCUT2D eigenvalue weighted by Gasteiger charge is 2.56. The van der Waals surface area contributed by atoms with Crippen molar-refractivity contribution in [2.75, 3.05) is 0 Å². The molecule has 0 radical (unpaired) electrons. The molecule has 4 fully saturated rings. The molecule has 0 saturated heterocycles. The van der Waals surface area contributed by atoms with Crippen LogP contribution < -0.4 is 10.1 Å². The van der Waals surface area contributed by atoms with Crippen molar-refractivity contribution in [1.82, 2.24) is 15.3 Å². The first-order chi connectivity index (χ1) is 18.5. The van der Waals surface area contributed by atoms with Gasteiger partial charge in [-0.15, -0.1) is 11.3 Å². The van der Waals surface area contributed by atoms with Gasteiger partial charge in [-0.3, -0.25) is 9.78 Å². The van der Waals surface area contributed by atoms with Crippen molar-refractivity contribution in [2.24, 2.45) is 23.2 Å². The van der Waals surface area contributed by atoms with Gasteiger partial charge in [-0.2, -0.15) is 0 Å². The molecule has 8 heteroatoms. The molecule has 38 heavy (non-hydrogen) atoms. The van der Waals surface area contributed by atoms with Gasteiger partial charge in [0.15, 0.2) is 5.75 Å². The molecule has 4 saturated carbocycles. The summed E-state index contributed by atoms with van der Waals surface area (Å²) in [5, 5.41) is 14.9. The highest BCUT2D eigenvalue weighted by molar-refractivity contribution is 7.18. The topological polar surface area (TPSA) is 101 Å². The standard InChI is InChI=1S/C30H29N3O4S/c34-28(33-27(29(35)36)30-13-17-10-18(14-30)12-19(11-17)15-30)21-8-7-20-4-3-9-31-25(20)26(21)37-16-24-32-22-5-1-2-6-23(22)38-24/h1-9,17-19,27H,10-16H2,(H,33,34)(H,35,36)/t17?,18?,19?,27-,30?/m1/s1. The van der Waals surface area contributed by atoms with Gasteiger partial charge in [0.25, 0.3) is 5.91 Å². The summed E-state index contributed by atoms with van der Waals surface area (Å²) in [7, 11) is 0. The highest BCUT2D eigenvalue weighted by Crippen LogP contribution is 2.61. The monoisotopic (exact) mass is 527 g/mol. The minimum absolute atomic E-state index is 0.187. The van der Waals surface area contributed by atoms with Crippen LogP contribution in [-0.4, -0.2) is 33.0 Å². The number of aromatic nitrogens is 2. The van der Waals surface area contributed by atoms with E-state index in [1.807, 2.05) is 42.5 Å². The molecule has 4 aliphatic rings. The zero-order valence-electron chi connectivity index (χ0n) is 20.9. The van der Waals surface area contributed by atoms with Gasteiger partial charge in [0.05, 0.1) is 15.8 Å². The molecule has 2 N–H and O–H groups in total. The third kappa shape index (κ3) is 4.02. The van der Waals surface area contributed by atoms with Crippen molar-refractivity contribution >= 4 is 44.3 Å². The number of nitrogens with zero attached hydrogens (tertiary/aromatic N) is 2. The van der Waals surface area contributed by atoms with E-state index < -0.39 is 17.9 Å². The Morgan fingerprint density at radius 3 is 2.47 bits per heavy atom. The van der Waals surface area contributed by atoms with Crippen LogP contribution in [0.25, 0.3) is 21.1 Å². The van der Waals surface area contributed by atoms with Gasteiger partial charge in [0.2, 0.25) is 0 Å². The fourth-order valence-corrected chi connectivity index (χ4v) is 8.66. The number of pyridine rings is 1. The maximum atomic E-state index is 13.8. The molecule has 194 valence electrons. The molecule has 4 aromatic rings. The highest BCUT2D eigenvalue weighted by atomic mass is 32.1. The molecule has 0 unspecified atom stereocenters. The summed E-state index contributed by atoms with van der Waals surface area (Å²) in [6.07, 6.45) is 7.95. The predicted molar refractivity (Wildman–Crippen MR) is 145 cm³/mol. The number of nitrogens with one attached hydrogen (secondary N) is 1. The molecule has 0 spiro atoms. The van der Waals surface area contributed by atoms with E-state index in [2.05, 4.69) is 15.3 Å². The number of fused-ring (bicyclic) bond motifs is 2. The van der Waals surface area contributed by atoms with Gasteiger partial charge in [0, 0.05) is 17.0 Å². The molecule has 4 aliphatic carbocycles. The van der Waals surface area contributed by atoms with Crippen LogP contribution in [0.4, 0.5) is 0 Å². The third-order valence-corrected chi connectivity index (χ3v) is 9.88. The number of rotatable bonds is 7. The molecular formula is C30H29N3O4S. The molecule has 2 heterocycles. The van der Waals surface area contributed by atoms with E-state index >= 15 is 0 Å². The average molecular weight is 528 g/mol. The van der Waals surface area contributed by atoms with E-state index in [-0.39, 0.29) is 12.0 Å². The SMILES string of the molecule is O=C(N[C@H](C(=O)O)C12CC3CC(CC(C3)C1)C2)c1ccc2cccnc2c1OCc1nc2ccccc2s1. The summed E-state index contributed by atoms with van der Waals surface area (Å²) in [5.74, 6) is 0.721.